The van der Waals surface area contributed by atoms with Crippen LogP contribution in [0.3, 0.4) is 0 Å². The van der Waals surface area contributed by atoms with Gasteiger partial charge in [-0.1, -0.05) is 20.5 Å². The molecule has 320 valence electrons. The van der Waals surface area contributed by atoms with Crippen molar-refractivity contribution in [3.63, 3.8) is 0 Å². The van der Waals surface area contributed by atoms with E-state index in [1.54, 1.807) is 0 Å². The first-order valence-corrected chi connectivity index (χ1v) is 17.8. The molecular formula is C29H52N16O12. The molecule has 0 spiro atoms. The molecule has 0 aromatic rings. The summed E-state index contributed by atoms with van der Waals surface area (Å²) in [5, 5.41) is 23.0. The maximum Gasteiger partial charge on any atom is 0.407 e. The van der Waals surface area contributed by atoms with Gasteiger partial charge in [-0.15, -0.1) is 0 Å². The van der Waals surface area contributed by atoms with Crippen molar-refractivity contribution in [3.8, 4) is 0 Å². The van der Waals surface area contributed by atoms with Crippen LogP contribution in [0.1, 0.15) is 25.7 Å². The van der Waals surface area contributed by atoms with Gasteiger partial charge >= 0.3 is 24.4 Å². The van der Waals surface area contributed by atoms with E-state index in [9.17, 15) is 19.2 Å². The quantitative estimate of drug-likeness (QED) is 0.0231. The lowest BCUT2D eigenvalue weighted by molar-refractivity contribution is -0.00924. The Kier molecular flexibility index (Phi) is 34.5. The number of nitrogens with zero attached hydrogens (tertiary/aromatic N) is 12. The Bertz CT molecular complexity index is 1130. The molecule has 0 radical (unpaired) electrons. The molecule has 28 heteroatoms. The molecule has 28 nitrogen and oxygen atoms in total. The number of azide groups is 4. The molecule has 57 heavy (non-hydrogen) atoms. The molecule has 0 aliphatic rings. The average molecular weight is 817 g/mol. The number of nitrogens with one attached hydrogen (secondary N) is 4. The standard InChI is InChI=1S/C29H52N16O12/c30-42-38-9-5-34-25(46)54-21-17-50-13-1-29(2-14-51-18-22-55-26(47)35-6-10-39-43-31,3-15-52-19-23-56-27(48)36-7-11-40-44-32)4-16-53-20-24-57-28(49)37-8-12-41-45-33/h1-24H2,(H,34,46)(H,35,47)(H,36,48)(H,37,49). The van der Waals surface area contributed by atoms with Gasteiger partial charge in [0.1, 0.15) is 26.4 Å². The van der Waals surface area contributed by atoms with Crippen LogP contribution in [0.15, 0.2) is 20.5 Å². The Morgan fingerprint density at radius 3 is 0.825 bits per heavy atom. The summed E-state index contributed by atoms with van der Waals surface area (Å²) in [5.41, 5.74) is 32.8. The maximum atomic E-state index is 11.8. The van der Waals surface area contributed by atoms with Gasteiger partial charge in [-0.2, -0.15) is 0 Å². The Balaban J connectivity index is 5.30. The van der Waals surface area contributed by atoms with Gasteiger partial charge in [0.05, 0.1) is 26.4 Å². The lowest BCUT2D eigenvalue weighted by atomic mass is 9.76. The first-order chi connectivity index (χ1) is 27.8. The lowest BCUT2D eigenvalue weighted by Crippen LogP contribution is -2.31. The summed E-state index contributed by atoms with van der Waals surface area (Å²) in [6, 6.07) is 0. The first kappa shape index (κ1) is 51.2. The highest BCUT2D eigenvalue weighted by molar-refractivity contribution is 5.68. The molecule has 0 unspecified atom stereocenters. The average Bonchev–Trinajstić information content (AvgIpc) is 3.20. The highest BCUT2D eigenvalue weighted by Crippen LogP contribution is 2.35. The number of alkyl carbamates (subject to hydrolysis) is 4. The van der Waals surface area contributed by atoms with Gasteiger partial charge < -0.3 is 59.2 Å². The summed E-state index contributed by atoms with van der Waals surface area (Å²) in [4.78, 5) is 57.6. The van der Waals surface area contributed by atoms with Crippen molar-refractivity contribution in [2.75, 3.05) is 132 Å². The van der Waals surface area contributed by atoms with E-state index < -0.39 is 29.8 Å². The van der Waals surface area contributed by atoms with Gasteiger partial charge in [-0.25, -0.2) is 19.2 Å². The van der Waals surface area contributed by atoms with E-state index >= 15 is 0 Å². The van der Waals surface area contributed by atoms with Crippen molar-refractivity contribution >= 4 is 24.4 Å². The predicted octanol–water partition coefficient (Wildman–Crippen LogP) is 3.75. The van der Waals surface area contributed by atoms with E-state index in [1.807, 2.05) is 0 Å². The van der Waals surface area contributed by atoms with Gasteiger partial charge in [0.15, 0.2) is 0 Å². The molecule has 4 N–H and O–H groups in total. The Morgan fingerprint density at radius 2 is 0.614 bits per heavy atom. The van der Waals surface area contributed by atoms with Crippen molar-refractivity contribution in [2.45, 2.75) is 25.7 Å². The van der Waals surface area contributed by atoms with Crippen LogP contribution in [0, 0.1) is 5.41 Å². The summed E-state index contributed by atoms with van der Waals surface area (Å²) in [7, 11) is 0. The molecule has 0 bridgehead atoms. The molecule has 0 aliphatic heterocycles. The smallest absolute Gasteiger partial charge is 0.407 e. The van der Waals surface area contributed by atoms with Crippen LogP contribution in [0.5, 0.6) is 0 Å². The molecule has 0 aromatic heterocycles. The number of ether oxygens (including phenoxy) is 8. The number of hydrogen-bond acceptors (Lipinski definition) is 16. The van der Waals surface area contributed by atoms with E-state index in [0.29, 0.717) is 25.7 Å². The second-order valence-corrected chi connectivity index (χ2v) is 11.0. The summed E-state index contributed by atoms with van der Waals surface area (Å²) < 4.78 is 43.3. The van der Waals surface area contributed by atoms with Crippen LogP contribution >= 0.6 is 0 Å². The maximum absolute atomic E-state index is 11.8. The van der Waals surface area contributed by atoms with Crippen LogP contribution in [0.2, 0.25) is 0 Å². The minimum Gasteiger partial charge on any atom is -0.447 e. The van der Waals surface area contributed by atoms with Crippen molar-refractivity contribution in [2.24, 2.45) is 25.9 Å². The minimum atomic E-state index is -0.689. The highest BCUT2D eigenvalue weighted by Gasteiger charge is 2.30. The van der Waals surface area contributed by atoms with Gasteiger partial charge in [0, 0.05) is 98.4 Å². The van der Waals surface area contributed by atoms with Crippen LogP contribution < -0.4 is 21.3 Å². The molecule has 0 saturated carbocycles. The van der Waals surface area contributed by atoms with Gasteiger partial charge in [0.2, 0.25) is 0 Å². The zero-order valence-corrected chi connectivity index (χ0v) is 31.7. The monoisotopic (exact) mass is 816 g/mol. The number of carbonyl (C=O) groups is 4. The third-order valence-corrected chi connectivity index (χ3v) is 7.13. The van der Waals surface area contributed by atoms with E-state index in [-0.39, 0.29) is 132 Å². The number of amides is 4. The van der Waals surface area contributed by atoms with E-state index in [2.05, 4.69) is 61.4 Å². The molecule has 0 heterocycles. The fourth-order valence-corrected chi connectivity index (χ4v) is 4.30. The van der Waals surface area contributed by atoms with Crippen LogP contribution in [0.25, 0.3) is 41.8 Å². The molecule has 0 aliphatic carbocycles. The zero-order chi connectivity index (χ0) is 41.9. The topological polar surface area (TPSA) is 385 Å². The number of carbonyl (C=O) groups excluding carboxylic acids is 4. The Morgan fingerprint density at radius 1 is 0.386 bits per heavy atom. The molecule has 0 rings (SSSR count). The number of rotatable bonds is 36. The highest BCUT2D eigenvalue weighted by atomic mass is 16.6. The Hall–Kier alpha value is -5.84. The van der Waals surface area contributed by atoms with Gasteiger partial charge in [-0.3, -0.25) is 0 Å². The van der Waals surface area contributed by atoms with E-state index in [1.165, 1.54) is 0 Å². The van der Waals surface area contributed by atoms with Crippen LogP contribution in [0.4, 0.5) is 19.2 Å². The fourth-order valence-electron chi connectivity index (χ4n) is 4.30. The summed E-state index contributed by atoms with van der Waals surface area (Å²) >= 11 is 0. The predicted molar refractivity (Wildman–Crippen MR) is 198 cm³/mol. The lowest BCUT2D eigenvalue weighted by Gasteiger charge is -2.34. The van der Waals surface area contributed by atoms with Crippen LogP contribution in [-0.2, 0) is 37.9 Å². The van der Waals surface area contributed by atoms with Gasteiger partial charge in [-0.05, 0) is 53.2 Å². The molecule has 4 amide bonds. The largest absolute Gasteiger partial charge is 0.447 e. The molecule has 0 aromatic carbocycles. The summed E-state index contributed by atoms with van der Waals surface area (Å²) in [6.45, 7) is 2.02. The second kappa shape index (κ2) is 38.4. The SMILES string of the molecule is [N-]=[N+]=NCCNC(=O)OCCOCCC(CCOCCOC(=O)NCCN=[N+]=[N-])(CCOCCOC(=O)NCCN=[N+]=[N-])CCOCCOC(=O)NCCN=[N+]=[N-]. The fraction of sp³-hybridized carbons (Fsp3) is 0.862. The normalized spacial score (nSPS) is 11.1. The third kappa shape index (κ3) is 34.4. The Labute approximate surface area is 327 Å². The van der Waals surface area contributed by atoms with E-state index in [0.717, 1.165) is 0 Å². The van der Waals surface area contributed by atoms with Crippen molar-refractivity contribution < 1.29 is 57.1 Å². The zero-order valence-electron chi connectivity index (χ0n) is 31.7. The minimum absolute atomic E-state index is 0.0347. The molecule has 0 atom stereocenters. The van der Waals surface area contributed by atoms with Crippen molar-refractivity contribution in [1.29, 1.82) is 0 Å². The summed E-state index contributed by atoms with van der Waals surface area (Å²) in [5.74, 6) is 0. The molecular weight excluding hydrogens is 764 g/mol. The first-order valence-electron chi connectivity index (χ1n) is 17.8. The number of hydrogen-bond donors (Lipinski definition) is 4. The summed E-state index contributed by atoms with van der Waals surface area (Å²) in [6.07, 6.45) is -0.811. The van der Waals surface area contributed by atoms with Crippen molar-refractivity contribution in [3.05, 3.63) is 41.8 Å². The van der Waals surface area contributed by atoms with Crippen molar-refractivity contribution in [1.82, 2.24) is 21.3 Å². The van der Waals surface area contributed by atoms with E-state index in [4.69, 9.17) is 60.0 Å². The van der Waals surface area contributed by atoms with Gasteiger partial charge in [0.25, 0.3) is 0 Å². The second-order valence-electron chi connectivity index (χ2n) is 11.0. The third-order valence-electron chi connectivity index (χ3n) is 7.13. The molecule has 0 saturated heterocycles. The van der Waals surface area contributed by atoms with Crippen LogP contribution in [-0.4, -0.2) is 156 Å². The molecule has 0 fully saturated rings.